The minimum Gasteiger partial charge on any atom is -0.504 e. The highest BCUT2D eigenvalue weighted by molar-refractivity contribution is 6.00. The Kier molecular flexibility index (Phi) is 2.38. The van der Waals surface area contributed by atoms with Gasteiger partial charge in [-0.1, -0.05) is 30.3 Å². The predicted octanol–water partition coefficient (Wildman–Crippen LogP) is 3.91. The Balaban J connectivity index is 2.11. The Hall–Kier alpha value is -3.01. The zero-order valence-electron chi connectivity index (χ0n) is 10.9. The molecular weight excluding hydrogens is 268 g/mol. The third-order valence-electron chi connectivity index (χ3n) is 3.47. The molecule has 2 aromatic heterocycles. The number of fused-ring (bicyclic) bond motifs is 2. The van der Waals surface area contributed by atoms with Gasteiger partial charge < -0.3 is 13.9 Å². The molecule has 4 nitrogen and oxygen atoms in total. The fraction of sp³-hybridized carbons (Fsp3) is 0. The molecule has 0 unspecified atom stereocenters. The van der Waals surface area contributed by atoms with Gasteiger partial charge in [0.1, 0.15) is 16.7 Å². The monoisotopic (exact) mass is 278 g/mol. The highest BCUT2D eigenvalue weighted by Gasteiger charge is 2.15. The summed E-state index contributed by atoms with van der Waals surface area (Å²) in [7, 11) is 0. The van der Waals surface area contributed by atoms with Crippen molar-refractivity contribution in [3.63, 3.8) is 0 Å². The molecule has 0 amide bonds. The molecule has 1 N–H and O–H groups in total. The van der Waals surface area contributed by atoms with E-state index in [1.165, 1.54) is 12.3 Å². The molecule has 0 aliphatic carbocycles. The summed E-state index contributed by atoms with van der Waals surface area (Å²) in [5, 5.41) is 11.0. The van der Waals surface area contributed by atoms with Gasteiger partial charge in [-0.05, 0) is 12.1 Å². The second-order valence-corrected chi connectivity index (χ2v) is 4.78. The van der Waals surface area contributed by atoms with E-state index < -0.39 is 0 Å². The van der Waals surface area contributed by atoms with E-state index in [0.717, 1.165) is 5.56 Å². The number of rotatable bonds is 1. The van der Waals surface area contributed by atoms with Crippen molar-refractivity contribution < 1.29 is 13.9 Å². The Morgan fingerprint density at radius 1 is 1.00 bits per heavy atom. The van der Waals surface area contributed by atoms with Gasteiger partial charge in [0.25, 0.3) is 0 Å². The summed E-state index contributed by atoms with van der Waals surface area (Å²) in [6.07, 6.45) is 1.46. The zero-order chi connectivity index (χ0) is 14.4. The first-order chi connectivity index (χ1) is 10.2. The summed E-state index contributed by atoms with van der Waals surface area (Å²) in [6.45, 7) is 0. The molecule has 0 radical (unpaired) electrons. The molecule has 0 aliphatic heterocycles. The van der Waals surface area contributed by atoms with Gasteiger partial charge in [-0.2, -0.15) is 0 Å². The minimum absolute atomic E-state index is 0.136. The van der Waals surface area contributed by atoms with Crippen LogP contribution in [0, 0.1) is 0 Å². The van der Waals surface area contributed by atoms with Crippen molar-refractivity contribution in [1.29, 1.82) is 0 Å². The van der Waals surface area contributed by atoms with E-state index in [4.69, 9.17) is 8.83 Å². The Morgan fingerprint density at radius 2 is 1.81 bits per heavy atom. The maximum absolute atomic E-state index is 12.3. The van der Waals surface area contributed by atoms with Crippen molar-refractivity contribution in [3.8, 4) is 17.1 Å². The van der Waals surface area contributed by atoms with E-state index in [9.17, 15) is 9.90 Å². The van der Waals surface area contributed by atoms with Crippen LogP contribution in [0.5, 0.6) is 5.75 Å². The number of aromatic hydroxyl groups is 1. The molecule has 4 heteroatoms. The topological polar surface area (TPSA) is 63.6 Å². The number of benzene rings is 2. The summed E-state index contributed by atoms with van der Waals surface area (Å²) < 4.78 is 11.0. The van der Waals surface area contributed by atoms with E-state index in [1.807, 2.05) is 30.3 Å². The molecule has 2 aromatic carbocycles. The van der Waals surface area contributed by atoms with Crippen molar-refractivity contribution in [2.45, 2.75) is 0 Å². The average molecular weight is 278 g/mol. The zero-order valence-corrected chi connectivity index (χ0v) is 10.9. The van der Waals surface area contributed by atoms with Gasteiger partial charge in [0.15, 0.2) is 16.8 Å². The van der Waals surface area contributed by atoms with Gasteiger partial charge in [0.05, 0.1) is 6.26 Å². The number of furan rings is 1. The Labute approximate surface area is 118 Å². The minimum atomic E-state index is -0.300. The van der Waals surface area contributed by atoms with Gasteiger partial charge in [-0.25, -0.2) is 0 Å². The lowest BCUT2D eigenvalue weighted by Crippen LogP contribution is -2.00. The van der Waals surface area contributed by atoms with Gasteiger partial charge in [0.2, 0.25) is 0 Å². The molecule has 21 heavy (non-hydrogen) atoms. The molecule has 0 saturated heterocycles. The summed E-state index contributed by atoms with van der Waals surface area (Å²) in [5.41, 5.74) is 1.14. The molecule has 4 rings (SSSR count). The maximum atomic E-state index is 12.3. The average Bonchev–Trinajstić information content (AvgIpc) is 2.96. The lowest BCUT2D eigenvalue weighted by Gasteiger charge is -2.04. The Morgan fingerprint density at radius 3 is 2.62 bits per heavy atom. The summed E-state index contributed by atoms with van der Waals surface area (Å²) in [4.78, 5) is 12.3. The first kappa shape index (κ1) is 11.8. The number of hydrogen-bond donors (Lipinski definition) is 1. The Bertz CT molecular complexity index is 1010. The summed E-state index contributed by atoms with van der Waals surface area (Å²) in [5.74, 6) is 0.288. The third-order valence-corrected chi connectivity index (χ3v) is 3.47. The second kappa shape index (κ2) is 4.24. The molecule has 0 atom stereocenters. The normalized spacial score (nSPS) is 11.2. The van der Waals surface area contributed by atoms with Gasteiger partial charge in [-0.15, -0.1) is 0 Å². The van der Waals surface area contributed by atoms with Gasteiger partial charge >= 0.3 is 0 Å². The molecule has 4 aromatic rings. The van der Waals surface area contributed by atoms with Crippen LogP contribution in [0.2, 0.25) is 0 Å². The van der Waals surface area contributed by atoms with Crippen molar-refractivity contribution in [2.24, 2.45) is 0 Å². The molecule has 0 bridgehead atoms. The van der Waals surface area contributed by atoms with Crippen LogP contribution < -0.4 is 5.43 Å². The predicted molar refractivity (Wildman–Crippen MR) is 79.4 cm³/mol. The highest BCUT2D eigenvalue weighted by Crippen LogP contribution is 2.34. The smallest absolute Gasteiger partial charge is 0.197 e. The summed E-state index contributed by atoms with van der Waals surface area (Å²) in [6, 6.07) is 14.1. The van der Waals surface area contributed by atoms with Crippen molar-refractivity contribution in [2.75, 3.05) is 0 Å². The summed E-state index contributed by atoms with van der Waals surface area (Å²) >= 11 is 0. The van der Waals surface area contributed by atoms with E-state index in [-0.39, 0.29) is 16.6 Å². The molecular formula is C17H10O4. The van der Waals surface area contributed by atoms with E-state index in [1.54, 1.807) is 12.1 Å². The fourth-order valence-electron chi connectivity index (χ4n) is 2.47. The van der Waals surface area contributed by atoms with E-state index in [0.29, 0.717) is 22.3 Å². The first-order valence-corrected chi connectivity index (χ1v) is 6.46. The van der Waals surface area contributed by atoms with Crippen molar-refractivity contribution >= 4 is 21.9 Å². The quantitative estimate of drug-likeness (QED) is 0.573. The molecule has 0 fully saturated rings. The molecule has 102 valence electrons. The largest absolute Gasteiger partial charge is 0.504 e. The van der Waals surface area contributed by atoms with Crippen LogP contribution in [0.1, 0.15) is 0 Å². The molecule has 0 aliphatic rings. The highest BCUT2D eigenvalue weighted by atomic mass is 16.4. The van der Waals surface area contributed by atoms with Crippen LogP contribution in [-0.2, 0) is 0 Å². The van der Waals surface area contributed by atoms with E-state index in [2.05, 4.69) is 0 Å². The lowest BCUT2D eigenvalue weighted by atomic mass is 10.1. The number of hydrogen-bond acceptors (Lipinski definition) is 4. The van der Waals surface area contributed by atoms with Crippen LogP contribution >= 0.6 is 0 Å². The first-order valence-electron chi connectivity index (χ1n) is 6.46. The standard InChI is InChI=1S/C17H10O4/c18-12-9-13(10-4-2-1-3-5-10)21-14-8-11-6-7-20-17(11)16(19)15(12)14/h1-9,19H. The molecule has 0 spiro atoms. The second-order valence-electron chi connectivity index (χ2n) is 4.78. The molecule has 0 saturated carbocycles. The number of phenols is 1. The SMILES string of the molecule is O=c1cc(-c2ccccc2)oc2cc3ccoc3c(O)c12. The van der Waals surface area contributed by atoms with Crippen LogP contribution in [-0.4, -0.2) is 5.11 Å². The van der Waals surface area contributed by atoms with Crippen LogP contribution in [0.15, 0.2) is 68.4 Å². The number of phenolic OH excluding ortho intramolecular Hbond substituents is 1. The van der Waals surface area contributed by atoms with Gasteiger partial charge in [0, 0.05) is 17.0 Å². The third kappa shape index (κ3) is 1.73. The van der Waals surface area contributed by atoms with Crippen molar-refractivity contribution in [1.82, 2.24) is 0 Å². The maximum Gasteiger partial charge on any atom is 0.197 e. The van der Waals surface area contributed by atoms with Crippen LogP contribution in [0.3, 0.4) is 0 Å². The van der Waals surface area contributed by atoms with Crippen molar-refractivity contribution in [3.05, 3.63) is 65.0 Å². The van der Waals surface area contributed by atoms with E-state index >= 15 is 0 Å². The lowest BCUT2D eigenvalue weighted by molar-refractivity contribution is 0.469. The molecule has 2 heterocycles. The van der Waals surface area contributed by atoms with Gasteiger partial charge in [-0.3, -0.25) is 4.79 Å². The van der Waals surface area contributed by atoms with Crippen LogP contribution in [0.25, 0.3) is 33.3 Å². The van der Waals surface area contributed by atoms with Crippen LogP contribution in [0.4, 0.5) is 0 Å². The fourth-order valence-corrected chi connectivity index (χ4v) is 2.47.